The quantitative estimate of drug-likeness (QED) is 0.649. The normalized spacial score (nSPS) is 10.2. The second-order valence-electron chi connectivity index (χ2n) is 4.45. The van der Waals surface area contributed by atoms with E-state index in [2.05, 4.69) is 5.32 Å². The summed E-state index contributed by atoms with van der Waals surface area (Å²) in [6.45, 7) is 0.709. The van der Waals surface area contributed by atoms with Crippen LogP contribution in [0.25, 0.3) is 0 Å². The van der Waals surface area contributed by atoms with Gasteiger partial charge in [0.15, 0.2) is 0 Å². The monoisotopic (exact) mass is 306 g/mol. The molecule has 0 aromatic heterocycles. The Kier molecular flexibility index (Phi) is 5.00. The van der Waals surface area contributed by atoms with Gasteiger partial charge >= 0.3 is 0 Å². The minimum atomic E-state index is -0.401. The highest BCUT2D eigenvalue weighted by Crippen LogP contribution is 2.27. The summed E-state index contributed by atoms with van der Waals surface area (Å²) in [6, 6.07) is 12.0. The largest absolute Gasteiger partial charge is 0.495 e. The van der Waals surface area contributed by atoms with Gasteiger partial charge in [-0.1, -0.05) is 23.7 Å². The van der Waals surface area contributed by atoms with Gasteiger partial charge in [-0.2, -0.15) is 0 Å². The summed E-state index contributed by atoms with van der Waals surface area (Å²) < 4.78 is 5.09. The molecular formula is C15H15ClN2O3. The van der Waals surface area contributed by atoms with Crippen molar-refractivity contribution in [2.75, 3.05) is 19.0 Å². The van der Waals surface area contributed by atoms with Gasteiger partial charge in [-0.15, -0.1) is 0 Å². The van der Waals surface area contributed by atoms with Crippen LogP contribution < -0.4 is 10.1 Å². The fraction of sp³-hybridized carbons (Fsp3) is 0.200. The van der Waals surface area contributed by atoms with Crippen molar-refractivity contribution < 1.29 is 9.66 Å². The van der Waals surface area contributed by atoms with Crippen molar-refractivity contribution in [2.45, 2.75) is 6.42 Å². The van der Waals surface area contributed by atoms with Crippen LogP contribution in [-0.4, -0.2) is 18.6 Å². The van der Waals surface area contributed by atoms with E-state index in [1.54, 1.807) is 31.4 Å². The van der Waals surface area contributed by atoms with Crippen LogP contribution in [0.5, 0.6) is 5.75 Å². The lowest BCUT2D eigenvalue weighted by Gasteiger charge is -2.09. The second kappa shape index (κ2) is 6.95. The molecule has 0 atom stereocenters. The van der Waals surface area contributed by atoms with Crippen LogP contribution >= 0.6 is 11.6 Å². The van der Waals surface area contributed by atoms with Crippen molar-refractivity contribution in [3.05, 3.63) is 63.2 Å². The number of ether oxygens (including phenoxy) is 1. The molecule has 2 rings (SSSR count). The summed E-state index contributed by atoms with van der Waals surface area (Å²) in [5.74, 6) is 0.637. The summed E-state index contributed by atoms with van der Waals surface area (Å²) in [5, 5.41) is 14.4. The van der Waals surface area contributed by atoms with E-state index in [0.29, 0.717) is 17.3 Å². The maximum Gasteiger partial charge on any atom is 0.269 e. The molecule has 2 aromatic rings. The average Bonchev–Trinajstić information content (AvgIpc) is 2.48. The Morgan fingerprint density at radius 1 is 1.24 bits per heavy atom. The van der Waals surface area contributed by atoms with Gasteiger partial charge in [0.2, 0.25) is 0 Å². The Labute approximate surface area is 127 Å². The molecule has 0 bridgehead atoms. The number of methoxy groups -OCH3 is 1. The standard InChI is InChI=1S/C15H15ClN2O3/c1-21-15-7-4-12(10-14(15)16)17-9-8-11-2-5-13(6-3-11)18(19)20/h2-7,10,17H,8-9H2,1H3. The molecule has 0 unspecified atom stereocenters. The average molecular weight is 307 g/mol. The van der Waals surface area contributed by atoms with Crippen LogP contribution in [-0.2, 0) is 6.42 Å². The Morgan fingerprint density at radius 2 is 1.95 bits per heavy atom. The molecule has 110 valence electrons. The number of nitrogens with one attached hydrogen (secondary N) is 1. The van der Waals surface area contributed by atoms with Gasteiger partial charge in [-0.05, 0) is 30.2 Å². The number of rotatable bonds is 6. The molecule has 0 aliphatic rings. The zero-order chi connectivity index (χ0) is 15.2. The first-order valence-corrected chi connectivity index (χ1v) is 6.78. The molecule has 0 amide bonds. The molecular weight excluding hydrogens is 292 g/mol. The highest BCUT2D eigenvalue weighted by Gasteiger charge is 2.04. The van der Waals surface area contributed by atoms with Crippen molar-refractivity contribution in [1.82, 2.24) is 0 Å². The van der Waals surface area contributed by atoms with E-state index >= 15 is 0 Å². The van der Waals surface area contributed by atoms with Gasteiger partial charge in [0, 0.05) is 24.4 Å². The zero-order valence-electron chi connectivity index (χ0n) is 11.5. The van der Waals surface area contributed by atoms with E-state index in [0.717, 1.165) is 17.7 Å². The van der Waals surface area contributed by atoms with Crippen LogP contribution in [0.3, 0.4) is 0 Å². The number of benzene rings is 2. The lowest BCUT2D eigenvalue weighted by molar-refractivity contribution is -0.384. The number of non-ortho nitro benzene ring substituents is 1. The molecule has 0 aliphatic heterocycles. The summed E-state index contributed by atoms with van der Waals surface area (Å²) in [4.78, 5) is 10.2. The van der Waals surface area contributed by atoms with E-state index in [4.69, 9.17) is 16.3 Å². The van der Waals surface area contributed by atoms with Gasteiger partial charge in [0.1, 0.15) is 5.75 Å². The maximum atomic E-state index is 10.6. The van der Waals surface area contributed by atoms with Gasteiger partial charge in [-0.25, -0.2) is 0 Å². The maximum absolute atomic E-state index is 10.6. The van der Waals surface area contributed by atoms with Crippen LogP contribution in [0.15, 0.2) is 42.5 Å². The highest BCUT2D eigenvalue weighted by atomic mass is 35.5. The van der Waals surface area contributed by atoms with Crippen LogP contribution in [0, 0.1) is 10.1 Å². The zero-order valence-corrected chi connectivity index (χ0v) is 12.3. The number of anilines is 1. The van der Waals surface area contributed by atoms with Crippen LogP contribution in [0.1, 0.15) is 5.56 Å². The molecule has 1 N–H and O–H groups in total. The van der Waals surface area contributed by atoms with E-state index < -0.39 is 4.92 Å². The van der Waals surface area contributed by atoms with Crippen molar-refractivity contribution in [2.24, 2.45) is 0 Å². The predicted molar refractivity (Wildman–Crippen MR) is 83.3 cm³/mol. The van der Waals surface area contributed by atoms with Crippen LogP contribution in [0.2, 0.25) is 5.02 Å². The van der Waals surface area contributed by atoms with E-state index in [-0.39, 0.29) is 5.69 Å². The topological polar surface area (TPSA) is 64.4 Å². The molecule has 0 fully saturated rings. The summed E-state index contributed by atoms with van der Waals surface area (Å²) in [6.07, 6.45) is 0.766. The Morgan fingerprint density at radius 3 is 2.52 bits per heavy atom. The SMILES string of the molecule is COc1ccc(NCCc2ccc([N+](=O)[O-])cc2)cc1Cl. The van der Waals surface area contributed by atoms with Crippen LogP contribution in [0.4, 0.5) is 11.4 Å². The summed E-state index contributed by atoms with van der Waals surface area (Å²) in [5.41, 5.74) is 2.05. The third-order valence-electron chi connectivity index (χ3n) is 3.04. The fourth-order valence-electron chi connectivity index (χ4n) is 1.91. The van der Waals surface area contributed by atoms with E-state index in [1.165, 1.54) is 12.1 Å². The lowest BCUT2D eigenvalue weighted by Crippen LogP contribution is -2.05. The van der Waals surface area contributed by atoms with Gasteiger partial charge in [0.05, 0.1) is 17.1 Å². The fourth-order valence-corrected chi connectivity index (χ4v) is 2.17. The number of hydrogen-bond acceptors (Lipinski definition) is 4. The number of hydrogen-bond donors (Lipinski definition) is 1. The summed E-state index contributed by atoms with van der Waals surface area (Å²) in [7, 11) is 1.57. The molecule has 2 aromatic carbocycles. The van der Waals surface area contributed by atoms with Gasteiger partial charge < -0.3 is 10.1 Å². The number of halogens is 1. The minimum Gasteiger partial charge on any atom is -0.495 e. The molecule has 0 spiro atoms. The van der Waals surface area contributed by atoms with Crippen molar-refractivity contribution in [3.63, 3.8) is 0 Å². The first-order chi connectivity index (χ1) is 10.1. The van der Waals surface area contributed by atoms with Gasteiger partial charge in [-0.3, -0.25) is 10.1 Å². The molecule has 5 nitrogen and oxygen atoms in total. The van der Waals surface area contributed by atoms with Crippen molar-refractivity contribution in [3.8, 4) is 5.75 Å². The Hall–Kier alpha value is -2.27. The number of nitrogens with zero attached hydrogens (tertiary/aromatic N) is 1. The minimum absolute atomic E-state index is 0.105. The van der Waals surface area contributed by atoms with Crippen molar-refractivity contribution >= 4 is 23.0 Å². The summed E-state index contributed by atoms with van der Waals surface area (Å²) >= 11 is 6.04. The first-order valence-electron chi connectivity index (χ1n) is 6.41. The van der Waals surface area contributed by atoms with E-state index in [1.807, 2.05) is 6.07 Å². The molecule has 0 aliphatic carbocycles. The first kappa shape index (κ1) is 15.1. The molecule has 6 heteroatoms. The van der Waals surface area contributed by atoms with E-state index in [9.17, 15) is 10.1 Å². The van der Waals surface area contributed by atoms with Gasteiger partial charge in [0.25, 0.3) is 5.69 Å². The third-order valence-corrected chi connectivity index (χ3v) is 3.34. The highest BCUT2D eigenvalue weighted by molar-refractivity contribution is 6.32. The Bertz CT molecular complexity index is 629. The smallest absolute Gasteiger partial charge is 0.269 e. The molecule has 21 heavy (non-hydrogen) atoms. The molecule has 0 radical (unpaired) electrons. The predicted octanol–water partition coefficient (Wildman–Crippen LogP) is 3.91. The lowest BCUT2D eigenvalue weighted by atomic mass is 10.1. The second-order valence-corrected chi connectivity index (χ2v) is 4.86. The Balaban J connectivity index is 1.89. The van der Waals surface area contributed by atoms with Crippen molar-refractivity contribution in [1.29, 1.82) is 0 Å². The molecule has 0 saturated heterocycles. The molecule has 0 saturated carbocycles. The molecule has 0 heterocycles. The number of nitro benzene ring substituents is 1. The third kappa shape index (κ3) is 4.10. The number of nitro groups is 1.